The van der Waals surface area contributed by atoms with E-state index in [-0.39, 0.29) is 4.90 Å². The number of rotatable bonds is 8. The number of piperidine rings is 1. The number of hydrogen-bond donors (Lipinski definition) is 1. The average molecular weight is 449 g/mol. The van der Waals surface area contributed by atoms with Crippen LogP contribution in [0, 0.1) is 11.7 Å². The molecule has 0 radical (unpaired) electrons. The SMILES string of the molecule is [2H]c1c([2H])c(C([2H])([2H])N(C(=O)NC([2H])([2H])c2ccc(OC([2H])([2H])C([2H])(C([2H])([2H])[2H])C([2H])([2H])[2H])cc2)C2CC([2H])([2H])N(C)C([2H])([2H])C2)c([2H])c([2H])c1F. The van der Waals surface area contributed by atoms with E-state index in [0.717, 1.165) is 31.3 Å². The highest BCUT2D eigenvalue weighted by molar-refractivity contribution is 5.74. The van der Waals surface area contributed by atoms with E-state index in [1.165, 1.54) is 0 Å². The van der Waals surface area contributed by atoms with Crippen LogP contribution in [0.3, 0.4) is 0 Å². The molecule has 0 aliphatic carbocycles. The van der Waals surface area contributed by atoms with Crippen LogP contribution in [0.15, 0.2) is 48.4 Å². The van der Waals surface area contributed by atoms with Crippen molar-refractivity contribution in [3.8, 4) is 5.75 Å². The van der Waals surface area contributed by atoms with E-state index in [9.17, 15) is 9.18 Å². The number of benzene rings is 2. The van der Waals surface area contributed by atoms with Gasteiger partial charge in [0.25, 0.3) is 0 Å². The zero-order valence-corrected chi connectivity index (χ0v) is 16.4. The maximum Gasteiger partial charge on any atom is 0.318 e. The molecule has 31 heavy (non-hydrogen) atoms. The summed E-state index contributed by atoms with van der Waals surface area (Å²) in [6, 6.07) is -5.20. The predicted octanol–water partition coefficient (Wildman–Crippen LogP) is 4.67. The van der Waals surface area contributed by atoms with Gasteiger partial charge >= 0.3 is 6.03 Å². The molecule has 0 saturated carbocycles. The van der Waals surface area contributed by atoms with E-state index in [2.05, 4.69) is 0 Å². The summed E-state index contributed by atoms with van der Waals surface area (Å²) in [6.07, 6.45) is -1.61. The Kier molecular flexibility index (Phi) is 2.90. The predicted molar refractivity (Wildman–Crippen MR) is 121 cm³/mol. The lowest BCUT2D eigenvalue weighted by molar-refractivity contribution is 0.127. The average Bonchev–Trinajstić information content (AvgIpc) is 2.95. The number of likely N-dealkylation sites (tertiary alicyclic amines) is 1. The lowest BCUT2D eigenvalue weighted by atomic mass is 10.0. The molecule has 1 N–H and O–H groups in total. The van der Waals surface area contributed by atoms with Crippen molar-refractivity contribution in [1.82, 2.24) is 15.1 Å². The van der Waals surface area contributed by atoms with Crippen LogP contribution in [-0.2, 0) is 13.0 Å². The Hall–Kier alpha value is -2.60. The van der Waals surface area contributed by atoms with Crippen molar-refractivity contribution in [2.24, 2.45) is 5.89 Å². The van der Waals surface area contributed by atoms with Gasteiger partial charge in [-0.05, 0) is 74.1 Å². The molecule has 6 heteroatoms. The molecule has 1 aliphatic rings. The van der Waals surface area contributed by atoms with Crippen LogP contribution in [0.4, 0.5) is 9.18 Å². The van der Waals surface area contributed by atoms with Crippen LogP contribution < -0.4 is 10.1 Å². The number of carbonyl (C=O) groups excluding carboxylic acids is 1. The first-order valence-corrected chi connectivity index (χ1v) is 9.00. The van der Waals surface area contributed by atoms with E-state index in [4.69, 9.17) is 33.5 Å². The van der Waals surface area contributed by atoms with Crippen molar-refractivity contribution < 1.29 is 42.7 Å². The van der Waals surface area contributed by atoms with Gasteiger partial charge in [-0.25, -0.2) is 9.18 Å². The Morgan fingerprint density at radius 2 is 2.00 bits per heavy atom. The van der Waals surface area contributed by atoms with E-state index in [1.54, 1.807) is 0 Å². The van der Waals surface area contributed by atoms with Crippen LogP contribution in [-0.4, -0.2) is 48.5 Å². The Morgan fingerprint density at radius 1 is 1.32 bits per heavy atom. The number of nitrogens with one attached hydrogen (secondary N) is 1. The van der Waals surface area contributed by atoms with Gasteiger partial charge in [0, 0.05) is 34.1 Å². The number of halogens is 1. The molecule has 1 saturated heterocycles. The Labute approximate surface area is 214 Å². The second kappa shape index (κ2) is 11.1. The van der Waals surface area contributed by atoms with Crippen LogP contribution in [0.5, 0.6) is 5.75 Å². The topological polar surface area (TPSA) is 44.8 Å². The minimum absolute atomic E-state index is 0.124. The van der Waals surface area contributed by atoms with Gasteiger partial charge in [0.15, 0.2) is 0 Å². The lowest BCUT2D eigenvalue weighted by Gasteiger charge is -2.37. The molecule has 2 amide bonds. The molecule has 0 unspecified atom stereocenters. The van der Waals surface area contributed by atoms with Crippen molar-refractivity contribution in [2.45, 2.75) is 45.6 Å². The van der Waals surface area contributed by atoms with Gasteiger partial charge in [0.1, 0.15) is 11.6 Å². The summed E-state index contributed by atoms with van der Waals surface area (Å²) in [5.41, 5.74) is -1.66. The Balaban J connectivity index is 2.09. The highest BCUT2D eigenvalue weighted by Gasteiger charge is 2.27. The minimum Gasteiger partial charge on any atom is -0.493 e. The molecule has 5 nitrogen and oxygen atoms in total. The van der Waals surface area contributed by atoms with Gasteiger partial charge in [0.05, 0.1) is 20.3 Å². The summed E-state index contributed by atoms with van der Waals surface area (Å²) in [6.45, 7) is -22.8. The van der Waals surface area contributed by atoms with Crippen molar-refractivity contribution in [3.05, 3.63) is 65.4 Å². The zero-order valence-electron chi connectivity index (χ0n) is 37.4. The summed E-state index contributed by atoms with van der Waals surface area (Å²) in [7, 11) is 1.09. The molecule has 1 aliphatic heterocycles. The van der Waals surface area contributed by atoms with Crippen molar-refractivity contribution in [3.63, 3.8) is 0 Å². The van der Waals surface area contributed by atoms with E-state index in [1.807, 2.05) is 5.32 Å². The molecule has 1 fully saturated rings. The van der Waals surface area contributed by atoms with E-state index >= 15 is 0 Å². The summed E-state index contributed by atoms with van der Waals surface area (Å²) in [4.78, 5) is 14.8. The monoisotopic (exact) mass is 448 g/mol. The molecular formula is C25H34FN3O2. The molecule has 1 heterocycles. The number of amides is 2. The quantitative estimate of drug-likeness (QED) is 0.638. The highest BCUT2D eigenvalue weighted by atomic mass is 19.1. The molecule has 0 aromatic heterocycles. The number of carbonyl (C=O) groups is 1. The molecule has 0 atom stereocenters. The fourth-order valence-electron chi connectivity index (χ4n) is 2.48. The highest BCUT2D eigenvalue weighted by Crippen LogP contribution is 2.19. The number of ether oxygens (including phenoxy) is 1. The van der Waals surface area contributed by atoms with Gasteiger partial charge in [-0.3, -0.25) is 0 Å². The maximum absolute atomic E-state index is 14.4. The molecule has 3 rings (SSSR count). The fraction of sp³-hybridized carbons (Fsp3) is 0.480. The first kappa shape index (κ1) is 8.07. The van der Waals surface area contributed by atoms with Crippen LogP contribution >= 0.6 is 0 Å². The standard InChI is InChI=1S/C25H34FN3O2/c1-19(2)18-31-24-10-6-20(7-11-24)16-27-25(30)29(23-12-14-28(3)15-13-23)17-21-4-8-22(26)9-5-21/h4-11,19,23H,12-18H2,1-3H3,(H,27,30)/i1D3,2D3,4D,5D,8D,9D,14D2,15D2,16D2,17D2,18D2,19D. The Morgan fingerprint density at radius 3 is 2.65 bits per heavy atom. The third kappa shape index (κ3) is 7.24. The summed E-state index contributed by atoms with van der Waals surface area (Å²) >= 11 is 0. The second-order valence-electron chi connectivity index (χ2n) is 6.27. The number of hydrogen-bond acceptors (Lipinski definition) is 3. The van der Waals surface area contributed by atoms with Crippen molar-refractivity contribution >= 4 is 6.03 Å². The van der Waals surface area contributed by atoms with Crippen LogP contribution in [0.1, 0.15) is 66.5 Å². The Bertz CT molecular complexity index is 1620. The first-order chi connectivity index (χ1) is 23.1. The molecule has 2 aromatic rings. The molecule has 0 bridgehead atoms. The van der Waals surface area contributed by atoms with Crippen LogP contribution in [0.25, 0.3) is 0 Å². The largest absolute Gasteiger partial charge is 0.493 e. The van der Waals surface area contributed by atoms with Gasteiger partial charge in [-0.15, -0.1) is 0 Å². The van der Waals surface area contributed by atoms with E-state index < -0.39 is 124 Å². The fourth-order valence-corrected chi connectivity index (χ4v) is 2.48. The lowest BCUT2D eigenvalue weighted by Crippen LogP contribution is -2.49. The van der Waals surface area contributed by atoms with Crippen molar-refractivity contribution in [2.75, 3.05) is 26.6 Å². The molecular weight excluding hydrogens is 393 g/mol. The maximum atomic E-state index is 14.4. The smallest absolute Gasteiger partial charge is 0.318 e. The van der Waals surface area contributed by atoms with Crippen molar-refractivity contribution in [1.29, 1.82) is 0 Å². The summed E-state index contributed by atoms with van der Waals surface area (Å²) < 4.78 is 189. The third-order valence-corrected chi connectivity index (χ3v) is 3.98. The van der Waals surface area contributed by atoms with Crippen LogP contribution in [0.2, 0.25) is 0 Å². The molecule has 168 valence electrons. The summed E-state index contributed by atoms with van der Waals surface area (Å²) in [5.74, 6) is -6.01. The molecule has 2 aromatic carbocycles. The van der Waals surface area contributed by atoms with E-state index in [0.29, 0.717) is 4.90 Å². The van der Waals surface area contributed by atoms with Gasteiger partial charge in [-0.1, -0.05) is 37.9 Å². The molecule has 0 spiro atoms. The van der Waals surface area contributed by atoms with Gasteiger partial charge in [0.2, 0.25) is 0 Å². The number of nitrogens with zero attached hydrogens (tertiary/aromatic N) is 2. The zero-order chi connectivity index (χ0) is 40.6. The third-order valence-electron chi connectivity index (χ3n) is 3.98. The van der Waals surface area contributed by atoms with Gasteiger partial charge < -0.3 is 19.9 Å². The first-order valence-electron chi connectivity index (χ1n) is 19.5. The summed E-state index contributed by atoms with van der Waals surface area (Å²) in [5, 5.41) is 1.86. The van der Waals surface area contributed by atoms with Gasteiger partial charge in [-0.2, -0.15) is 0 Å². The second-order valence-corrected chi connectivity index (χ2v) is 6.27. The number of urea groups is 1. The normalized spacial score (nSPS) is 30.8. The minimum atomic E-state index is -3.79.